The van der Waals surface area contributed by atoms with E-state index in [2.05, 4.69) is 14.7 Å². The molecule has 0 fully saturated rings. The van der Waals surface area contributed by atoms with E-state index < -0.39 is 16.1 Å². The molecule has 4 N–H and O–H groups in total. The largest absolute Gasteiger partial charge is 0.347 e. The summed E-state index contributed by atoms with van der Waals surface area (Å²) in [5.74, 6) is 0.573. The van der Waals surface area contributed by atoms with Crippen molar-refractivity contribution in [1.29, 1.82) is 0 Å². The van der Waals surface area contributed by atoms with Gasteiger partial charge in [0.15, 0.2) is 0 Å². The van der Waals surface area contributed by atoms with Crippen molar-refractivity contribution < 1.29 is 8.42 Å². The number of H-pyrrole nitrogens is 1. The second-order valence-electron chi connectivity index (χ2n) is 4.61. The number of imidazole rings is 1. The molecular weight excluding hydrogens is 276 g/mol. The molecule has 2 aromatic rings. The van der Waals surface area contributed by atoms with Crippen LogP contribution in [0.2, 0.25) is 0 Å². The SMILES string of the molecule is Cc1cc(S(=O)(=O)NC(C)c2ncc[nH]2)ccc1CN. The van der Waals surface area contributed by atoms with E-state index in [0.29, 0.717) is 12.4 Å². The number of nitrogens with zero attached hydrogens (tertiary/aromatic N) is 1. The average Bonchev–Trinajstić information content (AvgIpc) is 2.92. The standard InChI is InChI=1S/C13H18N4O2S/c1-9-7-12(4-3-11(9)8-14)20(18,19)17-10(2)13-15-5-6-16-13/h3-7,10,17H,8,14H2,1-2H3,(H,15,16). The van der Waals surface area contributed by atoms with Crippen LogP contribution < -0.4 is 10.5 Å². The number of aromatic nitrogens is 2. The van der Waals surface area contributed by atoms with E-state index in [1.54, 1.807) is 37.5 Å². The minimum Gasteiger partial charge on any atom is -0.347 e. The molecule has 0 bridgehead atoms. The average molecular weight is 294 g/mol. The Morgan fingerprint density at radius 1 is 1.45 bits per heavy atom. The molecule has 1 unspecified atom stereocenters. The van der Waals surface area contributed by atoms with E-state index in [0.717, 1.165) is 11.1 Å². The summed E-state index contributed by atoms with van der Waals surface area (Å²) >= 11 is 0. The lowest BCUT2D eigenvalue weighted by Crippen LogP contribution is -2.27. The first-order valence-electron chi connectivity index (χ1n) is 6.25. The molecule has 2 rings (SSSR count). The maximum Gasteiger partial charge on any atom is 0.241 e. The topological polar surface area (TPSA) is 101 Å². The molecular formula is C13H18N4O2S. The van der Waals surface area contributed by atoms with Crippen molar-refractivity contribution in [2.75, 3.05) is 0 Å². The van der Waals surface area contributed by atoms with Crippen LogP contribution >= 0.6 is 0 Å². The maximum atomic E-state index is 12.3. The van der Waals surface area contributed by atoms with Crippen LogP contribution in [0.5, 0.6) is 0 Å². The zero-order valence-corrected chi connectivity index (χ0v) is 12.2. The fourth-order valence-corrected chi connectivity index (χ4v) is 3.23. The van der Waals surface area contributed by atoms with Gasteiger partial charge >= 0.3 is 0 Å². The highest BCUT2D eigenvalue weighted by molar-refractivity contribution is 7.89. The van der Waals surface area contributed by atoms with Crippen molar-refractivity contribution in [1.82, 2.24) is 14.7 Å². The first kappa shape index (κ1) is 14.7. The number of sulfonamides is 1. The maximum absolute atomic E-state index is 12.3. The molecule has 0 aliphatic carbocycles. The van der Waals surface area contributed by atoms with E-state index in [1.165, 1.54) is 0 Å². The van der Waals surface area contributed by atoms with E-state index in [4.69, 9.17) is 5.73 Å². The van der Waals surface area contributed by atoms with E-state index >= 15 is 0 Å². The smallest absolute Gasteiger partial charge is 0.241 e. The quantitative estimate of drug-likeness (QED) is 0.771. The second kappa shape index (κ2) is 5.74. The van der Waals surface area contributed by atoms with Crippen LogP contribution in [0.3, 0.4) is 0 Å². The number of hydrogen-bond acceptors (Lipinski definition) is 4. The van der Waals surface area contributed by atoms with E-state index in [-0.39, 0.29) is 4.90 Å². The normalized spacial score (nSPS) is 13.3. The molecule has 1 aromatic carbocycles. The van der Waals surface area contributed by atoms with E-state index in [1.807, 2.05) is 6.92 Å². The summed E-state index contributed by atoms with van der Waals surface area (Å²) in [5.41, 5.74) is 7.37. The Kier molecular flexibility index (Phi) is 4.22. The summed E-state index contributed by atoms with van der Waals surface area (Å²) in [6, 6.07) is 4.50. The minimum absolute atomic E-state index is 0.227. The molecule has 6 nitrogen and oxygen atoms in total. The van der Waals surface area contributed by atoms with Gasteiger partial charge in [0.25, 0.3) is 0 Å². The predicted octanol–water partition coefficient (Wildman–Crippen LogP) is 1.22. The van der Waals surface area contributed by atoms with Gasteiger partial charge in [-0.3, -0.25) is 0 Å². The first-order valence-corrected chi connectivity index (χ1v) is 7.73. The summed E-state index contributed by atoms with van der Waals surface area (Å²) in [4.78, 5) is 7.15. The molecule has 20 heavy (non-hydrogen) atoms. The molecule has 0 radical (unpaired) electrons. The van der Waals surface area contributed by atoms with Gasteiger partial charge in [0.1, 0.15) is 5.82 Å². The number of rotatable bonds is 5. The molecule has 1 aromatic heterocycles. The summed E-state index contributed by atoms with van der Waals surface area (Å²) in [5, 5.41) is 0. The third-order valence-corrected chi connectivity index (χ3v) is 4.64. The molecule has 0 saturated carbocycles. The van der Waals surface area contributed by atoms with Gasteiger partial charge in [-0.2, -0.15) is 0 Å². The van der Waals surface area contributed by atoms with Crippen LogP contribution in [-0.4, -0.2) is 18.4 Å². The van der Waals surface area contributed by atoms with Gasteiger partial charge in [0.2, 0.25) is 10.0 Å². The Hall–Kier alpha value is -1.70. The minimum atomic E-state index is -3.58. The monoisotopic (exact) mass is 294 g/mol. The predicted molar refractivity (Wildman–Crippen MR) is 76.4 cm³/mol. The molecule has 0 aliphatic rings. The van der Waals surface area contributed by atoms with Crippen molar-refractivity contribution in [3.63, 3.8) is 0 Å². The van der Waals surface area contributed by atoms with Crippen LogP contribution in [-0.2, 0) is 16.6 Å². The Morgan fingerprint density at radius 2 is 2.20 bits per heavy atom. The fourth-order valence-electron chi connectivity index (χ4n) is 1.94. The number of benzene rings is 1. The van der Waals surface area contributed by atoms with Crippen molar-refractivity contribution in [3.05, 3.63) is 47.5 Å². The fraction of sp³-hybridized carbons (Fsp3) is 0.308. The molecule has 1 heterocycles. The number of nitrogens with one attached hydrogen (secondary N) is 2. The van der Waals surface area contributed by atoms with Crippen LogP contribution in [0.25, 0.3) is 0 Å². The Morgan fingerprint density at radius 3 is 2.75 bits per heavy atom. The summed E-state index contributed by atoms with van der Waals surface area (Å²) in [6.45, 7) is 3.97. The van der Waals surface area contributed by atoms with Gasteiger partial charge in [-0.05, 0) is 37.1 Å². The molecule has 0 aliphatic heterocycles. The second-order valence-corrected chi connectivity index (χ2v) is 6.32. The van der Waals surface area contributed by atoms with Crippen LogP contribution in [0.1, 0.15) is 29.9 Å². The Bertz CT molecular complexity index is 680. The summed E-state index contributed by atoms with van der Waals surface area (Å²) in [7, 11) is -3.58. The third kappa shape index (κ3) is 3.06. The van der Waals surface area contributed by atoms with Crippen LogP contribution in [0.15, 0.2) is 35.5 Å². The zero-order chi connectivity index (χ0) is 14.8. The molecule has 1 atom stereocenters. The van der Waals surface area contributed by atoms with Crippen molar-refractivity contribution in [2.45, 2.75) is 31.3 Å². The Balaban J connectivity index is 2.24. The van der Waals surface area contributed by atoms with Gasteiger partial charge in [-0.1, -0.05) is 6.07 Å². The zero-order valence-electron chi connectivity index (χ0n) is 11.4. The lowest BCUT2D eigenvalue weighted by Gasteiger charge is -2.13. The third-order valence-electron chi connectivity index (χ3n) is 3.11. The summed E-state index contributed by atoms with van der Waals surface area (Å²) < 4.78 is 27.2. The number of aromatic amines is 1. The molecule has 108 valence electrons. The van der Waals surface area contributed by atoms with Crippen LogP contribution in [0.4, 0.5) is 0 Å². The van der Waals surface area contributed by atoms with Crippen LogP contribution in [0, 0.1) is 6.92 Å². The molecule has 0 spiro atoms. The molecule has 0 saturated heterocycles. The van der Waals surface area contributed by atoms with Crippen molar-refractivity contribution in [2.24, 2.45) is 5.73 Å². The van der Waals surface area contributed by atoms with Crippen molar-refractivity contribution >= 4 is 10.0 Å². The lowest BCUT2D eigenvalue weighted by molar-refractivity contribution is 0.561. The van der Waals surface area contributed by atoms with Gasteiger partial charge < -0.3 is 10.7 Å². The number of hydrogen-bond donors (Lipinski definition) is 3. The van der Waals surface area contributed by atoms with E-state index in [9.17, 15) is 8.42 Å². The van der Waals surface area contributed by atoms with Gasteiger partial charge in [0.05, 0.1) is 10.9 Å². The highest BCUT2D eigenvalue weighted by Crippen LogP contribution is 2.17. The summed E-state index contributed by atoms with van der Waals surface area (Å²) in [6.07, 6.45) is 3.24. The number of nitrogens with two attached hydrogens (primary N) is 1. The lowest BCUT2D eigenvalue weighted by atomic mass is 10.1. The Labute approximate surface area is 118 Å². The highest BCUT2D eigenvalue weighted by Gasteiger charge is 2.20. The van der Waals surface area contributed by atoms with Gasteiger partial charge in [-0.25, -0.2) is 18.1 Å². The molecule has 0 amide bonds. The van der Waals surface area contributed by atoms with Gasteiger partial charge in [-0.15, -0.1) is 0 Å². The van der Waals surface area contributed by atoms with Crippen molar-refractivity contribution in [3.8, 4) is 0 Å². The molecule has 7 heteroatoms. The van der Waals surface area contributed by atoms with Gasteiger partial charge in [0, 0.05) is 18.9 Å². The highest BCUT2D eigenvalue weighted by atomic mass is 32.2. The first-order chi connectivity index (χ1) is 9.44. The number of aryl methyl sites for hydroxylation is 1.